The highest BCUT2D eigenvalue weighted by Gasteiger charge is 2.73. The van der Waals surface area contributed by atoms with E-state index in [-0.39, 0.29) is 37.5 Å². The van der Waals surface area contributed by atoms with E-state index in [1.807, 2.05) is 6.92 Å². The third-order valence-electron chi connectivity index (χ3n) is 24.9. The Morgan fingerprint density at radius 1 is 0.550 bits per heavy atom. The summed E-state index contributed by atoms with van der Waals surface area (Å²) in [5.74, 6) is -4.85. The molecule has 0 aromatic rings. The van der Waals surface area contributed by atoms with Crippen molar-refractivity contribution in [2.75, 3.05) is 13.2 Å². The maximum absolute atomic E-state index is 16.0. The molecule has 37 atom stereocenters. The number of aliphatic hydroxyl groups is 14. The van der Waals surface area contributed by atoms with E-state index in [4.69, 9.17) is 61.6 Å². The second-order valence-electron chi connectivity index (χ2n) is 32.3. The number of hydrogen-bond donors (Lipinski definition) is 14. The highest BCUT2D eigenvalue weighted by Crippen LogP contribution is 2.76. The average molecular weight is 1440 g/mol. The van der Waals surface area contributed by atoms with Gasteiger partial charge in [-0.2, -0.15) is 0 Å². The van der Waals surface area contributed by atoms with Crippen molar-refractivity contribution in [3.8, 4) is 0 Å². The van der Waals surface area contributed by atoms with Gasteiger partial charge < -0.3 is 133 Å². The lowest BCUT2D eigenvalue weighted by Gasteiger charge is -2.72. The van der Waals surface area contributed by atoms with Crippen LogP contribution < -0.4 is 0 Å². The van der Waals surface area contributed by atoms with Crippen molar-refractivity contribution in [2.45, 2.75) is 332 Å². The SMILES string of the molecule is CC(=O)O[C@H]1[C@H](O[C@H]2[C@H](OC(=O)[C@]34CCC(C)(C)C[C@H]3C3=CC[C@@H]5[C@@]6(C)C[C@H](O)[C@H](O[C@@H]7O[C@@H](C)[C@H](O)[C@@H](O)[C@H]7O)[C@@](C)(CO)[C@@H]6CC[C@@]5(C)[C@]3(C)C[C@H]4O)O[C@H](C)[C@H](OC(=O)C[C@H](C)OC(=O)C[C@H](C)O)[C@@H]2O)O[C@@H](C)[C@H](O[C@@H]2OC[C@@H](O)[C@H](O[C@@H]3O[C@@H](C)[C@H](O)[C@@H](O)[C@H]3O)[C@H]2O)[C@H]1O. The third kappa shape index (κ3) is 14.4. The average Bonchev–Trinajstić information content (AvgIpc) is 0.669. The molecule has 31 nitrogen and oxygen atoms in total. The van der Waals surface area contributed by atoms with Crippen LogP contribution in [0.5, 0.6) is 0 Å². The molecule has 5 aliphatic heterocycles. The summed E-state index contributed by atoms with van der Waals surface area (Å²) in [5.41, 5.74) is -4.37. The fourth-order valence-electron chi connectivity index (χ4n) is 19.2. The fourth-order valence-corrected chi connectivity index (χ4v) is 19.2. The first-order chi connectivity index (χ1) is 46.6. The maximum atomic E-state index is 16.0. The molecule has 4 saturated carbocycles. The van der Waals surface area contributed by atoms with Gasteiger partial charge in [-0.05, 0) is 132 Å². The van der Waals surface area contributed by atoms with Crippen LogP contribution in [-0.4, -0.2) is 287 Å². The number of ether oxygens (including phenoxy) is 13. The zero-order valence-corrected chi connectivity index (χ0v) is 59.2. The van der Waals surface area contributed by atoms with E-state index < -0.39 is 260 Å². The van der Waals surface area contributed by atoms with Crippen LogP contribution in [0.25, 0.3) is 0 Å². The smallest absolute Gasteiger partial charge is 0.317 e. The molecule has 14 N–H and O–H groups in total. The molecule has 5 saturated heterocycles. The molecule has 0 radical (unpaired) electrons. The molecule has 31 heteroatoms. The Kier molecular flexibility index (Phi) is 23.6. The molecule has 100 heavy (non-hydrogen) atoms. The standard InChI is InChI=1S/C69H110O31/c1-27(71)20-41(76)89-28(2)21-42(77)95-52-31(5)93-62(56(49(52)84)98-61-55(94-33(7)72)50(85)53(32(6)92-61)96-58-51(86)54(37(74)25-88-58)97-59-47(82)45(80)43(78)29(3)90-59)100-63(87)69-19-18-64(8,9)22-35(69)34-14-15-39-65(10)23-36(73)57(99-60-48(83)46(81)44(79)30(4)91-60)66(11,26-70)38(65)16-17-67(39,12)68(34,13)24-40(69)75/h14,27-32,35-40,43-62,70-71,73-75,78-86H,15-26H2,1-13H3/t27-,28-,29-,30-,31+,32-,35-,36-,37+,38+,39+,40+,43-,44-,45+,46+,47+,48+,49-,50+,51+,52-,53-,54-,55+,56+,57-,58-,59-,60-,61-,62-,65-,66-,67+,68+,69+/m0/s1. The van der Waals surface area contributed by atoms with Crippen molar-refractivity contribution in [2.24, 2.45) is 50.2 Å². The van der Waals surface area contributed by atoms with Gasteiger partial charge in [-0.25, -0.2) is 0 Å². The summed E-state index contributed by atoms with van der Waals surface area (Å²) in [6.45, 7) is 21.0. The first kappa shape index (κ1) is 79.3. The van der Waals surface area contributed by atoms with Crippen LogP contribution in [0.15, 0.2) is 11.6 Å². The molecule has 5 aliphatic carbocycles. The van der Waals surface area contributed by atoms with Crippen LogP contribution in [0, 0.1) is 50.2 Å². The van der Waals surface area contributed by atoms with Gasteiger partial charge in [0, 0.05) is 12.3 Å². The van der Waals surface area contributed by atoms with Crippen LogP contribution in [0.1, 0.15) is 154 Å². The van der Waals surface area contributed by atoms with E-state index in [1.165, 1.54) is 41.5 Å². The predicted octanol–water partition coefficient (Wildman–Crippen LogP) is -1.33. The summed E-state index contributed by atoms with van der Waals surface area (Å²) in [6, 6.07) is 0. The number of aliphatic hydroxyl groups excluding tert-OH is 14. The number of carbonyl (C=O) groups is 4. The Morgan fingerprint density at radius 2 is 1.12 bits per heavy atom. The Bertz CT molecular complexity index is 2920. The van der Waals surface area contributed by atoms with Crippen LogP contribution in [0.3, 0.4) is 0 Å². The molecule has 0 aromatic heterocycles. The number of carbonyl (C=O) groups excluding carboxylic acids is 4. The highest BCUT2D eigenvalue weighted by atomic mass is 16.8. The van der Waals surface area contributed by atoms with E-state index in [0.717, 1.165) is 12.5 Å². The Hall–Kier alpha value is -3.30. The first-order valence-electron chi connectivity index (χ1n) is 35.4. The molecule has 572 valence electrons. The van der Waals surface area contributed by atoms with E-state index in [2.05, 4.69) is 40.7 Å². The monoisotopic (exact) mass is 1430 g/mol. The number of hydrogen-bond acceptors (Lipinski definition) is 31. The normalized spacial score (nSPS) is 50.7. The van der Waals surface area contributed by atoms with Crippen LogP contribution in [-0.2, 0) is 80.8 Å². The molecule has 0 amide bonds. The number of rotatable bonds is 18. The van der Waals surface area contributed by atoms with Crippen molar-refractivity contribution in [1.82, 2.24) is 0 Å². The van der Waals surface area contributed by atoms with Gasteiger partial charge >= 0.3 is 23.9 Å². The van der Waals surface area contributed by atoms with Gasteiger partial charge in [-0.1, -0.05) is 53.2 Å². The second-order valence-corrected chi connectivity index (χ2v) is 32.3. The van der Waals surface area contributed by atoms with Gasteiger partial charge in [0.1, 0.15) is 84.8 Å². The maximum Gasteiger partial charge on any atom is 0.317 e. The van der Waals surface area contributed by atoms with Crippen molar-refractivity contribution in [3.63, 3.8) is 0 Å². The molecule has 0 aromatic carbocycles. The largest absolute Gasteiger partial charge is 0.462 e. The van der Waals surface area contributed by atoms with Crippen LogP contribution >= 0.6 is 0 Å². The molecule has 0 bridgehead atoms. The van der Waals surface area contributed by atoms with Gasteiger partial charge in [0.25, 0.3) is 0 Å². The molecular weight excluding hydrogens is 1320 g/mol. The van der Waals surface area contributed by atoms with Crippen molar-refractivity contribution in [1.29, 1.82) is 0 Å². The molecule has 10 aliphatic rings. The Balaban J connectivity index is 0.932. The zero-order chi connectivity index (χ0) is 73.7. The minimum Gasteiger partial charge on any atom is -0.462 e. The minimum absolute atomic E-state index is 0.0609. The van der Waals surface area contributed by atoms with Crippen LogP contribution in [0.2, 0.25) is 0 Å². The summed E-state index contributed by atoms with van der Waals surface area (Å²) in [5, 5.41) is 158. The highest BCUT2D eigenvalue weighted by molar-refractivity contribution is 5.80. The molecule has 9 fully saturated rings. The number of esters is 4. The fraction of sp³-hybridized carbons (Fsp3) is 0.913. The van der Waals surface area contributed by atoms with Gasteiger partial charge in [0.15, 0.2) is 43.5 Å². The van der Waals surface area contributed by atoms with E-state index in [9.17, 15) is 85.9 Å². The second kappa shape index (κ2) is 29.8. The van der Waals surface area contributed by atoms with Crippen molar-refractivity contribution < 1.29 is 152 Å². The summed E-state index contributed by atoms with van der Waals surface area (Å²) in [7, 11) is 0. The van der Waals surface area contributed by atoms with Gasteiger partial charge in [0.2, 0.25) is 6.29 Å². The lowest BCUT2D eigenvalue weighted by Crippen LogP contribution is -2.70. The summed E-state index contributed by atoms with van der Waals surface area (Å²) in [4.78, 5) is 55.3. The number of fused-ring (bicyclic) bond motifs is 7. The number of allylic oxidation sites excluding steroid dienone is 2. The quantitative estimate of drug-likeness (QED) is 0.0327. The van der Waals surface area contributed by atoms with Crippen molar-refractivity contribution >= 4 is 23.9 Å². The third-order valence-corrected chi connectivity index (χ3v) is 24.9. The molecule has 0 unspecified atom stereocenters. The molecule has 10 rings (SSSR count). The lowest BCUT2D eigenvalue weighted by molar-refractivity contribution is -0.380. The van der Waals surface area contributed by atoms with E-state index in [1.54, 1.807) is 0 Å². The Morgan fingerprint density at radius 3 is 1.73 bits per heavy atom. The van der Waals surface area contributed by atoms with E-state index >= 15 is 4.79 Å². The predicted molar refractivity (Wildman–Crippen MR) is 338 cm³/mol. The van der Waals surface area contributed by atoms with E-state index in [0.29, 0.717) is 32.1 Å². The summed E-state index contributed by atoms with van der Waals surface area (Å²) >= 11 is 0. The summed E-state index contributed by atoms with van der Waals surface area (Å²) < 4.78 is 78.0. The van der Waals surface area contributed by atoms with Crippen molar-refractivity contribution in [3.05, 3.63) is 11.6 Å². The first-order valence-corrected chi connectivity index (χ1v) is 35.4. The topological polar surface area (TPSA) is 471 Å². The van der Waals surface area contributed by atoms with Gasteiger partial charge in [0.05, 0.1) is 74.9 Å². The van der Waals surface area contributed by atoms with Crippen LogP contribution in [0.4, 0.5) is 0 Å². The van der Waals surface area contributed by atoms with Gasteiger partial charge in [-0.3, -0.25) is 19.2 Å². The van der Waals surface area contributed by atoms with Gasteiger partial charge in [-0.15, -0.1) is 0 Å². The minimum atomic E-state index is -2.02. The summed E-state index contributed by atoms with van der Waals surface area (Å²) in [6.07, 6.45) is -41.0. The molecule has 5 heterocycles. The molecular formula is C69H110O31. The molecule has 0 spiro atoms. The zero-order valence-electron chi connectivity index (χ0n) is 59.2. The lowest BCUT2D eigenvalue weighted by atomic mass is 9.33. The Labute approximate surface area is 581 Å².